The van der Waals surface area contributed by atoms with Crippen LogP contribution in [0.3, 0.4) is 0 Å². The minimum absolute atomic E-state index is 0.375. The number of sulfonamides is 1. The second kappa shape index (κ2) is 8.48. The Bertz CT molecular complexity index is 556. The molecule has 0 saturated heterocycles. The molecule has 0 aliphatic heterocycles. The molecule has 5 nitrogen and oxygen atoms in total. The zero-order valence-electron chi connectivity index (χ0n) is 13.3. The Hall–Kier alpha value is -0.950. The molecule has 120 valence electrons. The summed E-state index contributed by atoms with van der Waals surface area (Å²) >= 11 is 0. The van der Waals surface area contributed by atoms with Crippen LogP contribution in [0.5, 0.6) is 0 Å². The van der Waals surface area contributed by atoms with E-state index in [0.29, 0.717) is 24.6 Å². The number of methoxy groups -OCH3 is 1. The van der Waals surface area contributed by atoms with E-state index in [4.69, 9.17) is 4.74 Å². The van der Waals surface area contributed by atoms with Gasteiger partial charge < -0.3 is 10.1 Å². The van der Waals surface area contributed by atoms with E-state index >= 15 is 0 Å². The number of rotatable bonds is 9. The van der Waals surface area contributed by atoms with Crippen molar-refractivity contribution >= 4 is 10.0 Å². The normalized spacial score (nSPS) is 11.8. The molecule has 0 aromatic heterocycles. The molecule has 1 aromatic rings. The third kappa shape index (κ3) is 5.39. The number of hydrogen-bond acceptors (Lipinski definition) is 4. The lowest BCUT2D eigenvalue weighted by Crippen LogP contribution is -2.26. The van der Waals surface area contributed by atoms with E-state index in [2.05, 4.69) is 10.0 Å². The Labute approximate surface area is 128 Å². The van der Waals surface area contributed by atoms with Gasteiger partial charge in [0.2, 0.25) is 10.0 Å². The number of unbranched alkanes of at least 4 members (excludes halogenated alkanes) is 1. The third-order valence-electron chi connectivity index (χ3n) is 3.42. The van der Waals surface area contributed by atoms with Gasteiger partial charge in [0.25, 0.3) is 0 Å². The molecule has 0 unspecified atom stereocenters. The predicted octanol–water partition coefficient (Wildman–Crippen LogP) is 1.73. The lowest BCUT2D eigenvalue weighted by Gasteiger charge is -2.13. The van der Waals surface area contributed by atoms with Crippen molar-refractivity contribution in [2.75, 3.05) is 27.3 Å². The van der Waals surface area contributed by atoms with Crippen LogP contribution in [0.15, 0.2) is 17.0 Å². The first-order chi connectivity index (χ1) is 9.92. The highest BCUT2D eigenvalue weighted by atomic mass is 32.2. The fraction of sp³-hybridized carbons (Fsp3) is 0.600. The lowest BCUT2D eigenvalue weighted by atomic mass is 10.1. The largest absolute Gasteiger partial charge is 0.385 e. The highest BCUT2D eigenvalue weighted by molar-refractivity contribution is 7.89. The molecule has 0 radical (unpaired) electrons. The van der Waals surface area contributed by atoms with E-state index < -0.39 is 10.0 Å². The summed E-state index contributed by atoms with van der Waals surface area (Å²) in [5.41, 5.74) is 2.77. The summed E-state index contributed by atoms with van der Waals surface area (Å²) in [6.45, 7) is 5.51. The van der Waals surface area contributed by atoms with Gasteiger partial charge in [0.15, 0.2) is 0 Å². The predicted molar refractivity (Wildman–Crippen MR) is 85.0 cm³/mol. The molecule has 0 bridgehead atoms. The molecule has 1 aromatic carbocycles. The quantitative estimate of drug-likeness (QED) is 0.681. The van der Waals surface area contributed by atoms with E-state index in [-0.39, 0.29) is 0 Å². The van der Waals surface area contributed by atoms with E-state index in [1.807, 2.05) is 27.0 Å². The Morgan fingerprint density at radius 2 is 1.90 bits per heavy atom. The molecule has 21 heavy (non-hydrogen) atoms. The first-order valence-corrected chi connectivity index (χ1v) is 8.64. The molecule has 0 fully saturated rings. The average Bonchev–Trinajstić information content (AvgIpc) is 2.42. The summed E-state index contributed by atoms with van der Waals surface area (Å²) in [5.74, 6) is 0. The Kier molecular flexibility index (Phi) is 7.31. The number of hydrogen-bond donors (Lipinski definition) is 2. The summed E-state index contributed by atoms with van der Waals surface area (Å²) in [6, 6.07) is 3.76. The van der Waals surface area contributed by atoms with Gasteiger partial charge in [0.05, 0.1) is 4.90 Å². The van der Waals surface area contributed by atoms with Crippen LogP contribution in [-0.2, 0) is 21.3 Å². The molecule has 0 saturated carbocycles. The van der Waals surface area contributed by atoms with Crippen molar-refractivity contribution < 1.29 is 13.2 Å². The van der Waals surface area contributed by atoms with E-state index in [0.717, 1.165) is 29.5 Å². The van der Waals surface area contributed by atoms with Gasteiger partial charge in [0.1, 0.15) is 0 Å². The van der Waals surface area contributed by atoms with Gasteiger partial charge in [-0.2, -0.15) is 0 Å². The number of ether oxygens (including phenoxy) is 1. The molecule has 0 spiro atoms. The van der Waals surface area contributed by atoms with Crippen molar-refractivity contribution in [1.29, 1.82) is 0 Å². The van der Waals surface area contributed by atoms with Gasteiger partial charge in [-0.05, 0) is 56.5 Å². The number of nitrogens with one attached hydrogen (secondary N) is 2. The van der Waals surface area contributed by atoms with Crippen LogP contribution in [0.1, 0.15) is 29.5 Å². The van der Waals surface area contributed by atoms with Gasteiger partial charge in [0, 0.05) is 26.8 Å². The Morgan fingerprint density at radius 1 is 1.19 bits per heavy atom. The highest BCUT2D eigenvalue weighted by Gasteiger charge is 2.18. The van der Waals surface area contributed by atoms with Gasteiger partial charge in [-0.1, -0.05) is 6.07 Å². The molecule has 0 atom stereocenters. The van der Waals surface area contributed by atoms with E-state index in [9.17, 15) is 8.42 Å². The zero-order valence-corrected chi connectivity index (χ0v) is 14.1. The minimum atomic E-state index is -3.46. The smallest absolute Gasteiger partial charge is 0.240 e. The topological polar surface area (TPSA) is 67.4 Å². The third-order valence-corrected chi connectivity index (χ3v) is 5.00. The number of aryl methyl sites for hydroxylation is 1. The molecule has 6 heteroatoms. The molecule has 0 aliphatic rings. The Morgan fingerprint density at radius 3 is 2.52 bits per heavy atom. The summed E-state index contributed by atoms with van der Waals surface area (Å²) in [5, 5.41) is 3.05. The highest BCUT2D eigenvalue weighted by Crippen LogP contribution is 2.21. The molecule has 1 rings (SSSR count). The van der Waals surface area contributed by atoms with Crippen LogP contribution in [0, 0.1) is 13.8 Å². The van der Waals surface area contributed by atoms with E-state index in [1.54, 1.807) is 13.2 Å². The maximum absolute atomic E-state index is 12.4. The fourth-order valence-corrected chi connectivity index (χ4v) is 3.58. The monoisotopic (exact) mass is 314 g/mol. The molecule has 0 heterocycles. The van der Waals surface area contributed by atoms with Crippen molar-refractivity contribution in [2.45, 2.75) is 38.1 Å². The maximum atomic E-state index is 12.4. The Balaban J connectivity index is 2.86. The maximum Gasteiger partial charge on any atom is 0.240 e. The second-order valence-corrected chi connectivity index (χ2v) is 6.90. The van der Waals surface area contributed by atoms with Gasteiger partial charge in [-0.3, -0.25) is 0 Å². The summed E-state index contributed by atoms with van der Waals surface area (Å²) in [4.78, 5) is 0.375. The van der Waals surface area contributed by atoms with Crippen molar-refractivity contribution in [3.05, 3.63) is 28.8 Å². The van der Waals surface area contributed by atoms with E-state index in [1.165, 1.54) is 0 Å². The first kappa shape index (κ1) is 18.1. The van der Waals surface area contributed by atoms with Crippen LogP contribution in [0.2, 0.25) is 0 Å². The number of benzene rings is 1. The standard InChI is InChI=1S/C15H26N2O3S/c1-12-9-14(11-16-3)10-15(13(12)2)21(18,19)17-7-5-6-8-20-4/h9-10,16-17H,5-8,11H2,1-4H3. The second-order valence-electron chi connectivity index (χ2n) is 5.16. The summed E-state index contributed by atoms with van der Waals surface area (Å²) in [7, 11) is 0.0270. The van der Waals surface area contributed by atoms with Crippen LogP contribution in [-0.4, -0.2) is 35.7 Å². The molecule has 0 aliphatic carbocycles. The van der Waals surface area contributed by atoms with Gasteiger partial charge in [-0.25, -0.2) is 13.1 Å². The van der Waals surface area contributed by atoms with Crippen molar-refractivity contribution in [3.8, 4) is 0 Å². The van der Waals surface area contributed by atoms with Crippen LogP contribution >= 0.6 is 0 Å². The first-order valence-electron chi connectivity index (χ1n) is 7.15. The van der Waals surface area contributed by atoms with Crippen molar-refractivity contribution in [2.24, 2.45) is 0 Å². The molecule has 2 N–H and O–H groups in total. The van der Waals surface area contributed by atoms with Gasteiger partial charge >= 0.3 is 0 Å². The SMILES string of the molecule is CNCc1cc(C)c(C)c(S(=O)(=O)NCCCCOC)c1. The van der Waals surface area contributed by atoms with Crippen molar-refractivity contribution in [3.63, 3.8) is 0 Å². The van der Waals surface area contributed by atoms with Gasteiger partial charge in [-0.15, -0.1) is 0 Å². The molecule has 0 amide bonds. The summed E-state index contributed by atoms with van der Waals surface area (Å²) < 4.78 is 32.5. The molecular weight excluding hydrogens is 288 g/mol. The lowest BCUT2D eigenvalue weighted by molar-refractivity contribution is 0.193. The zero-order chi connectivity index (χ0) is 15.9. The van der Waals surface area contributed by atoms with Crippen LogP contribution in [0.25, 0.3) is 0 Å². The molecular formula is C15H26N2O3S. The van der Waals surface area contributed by atoms with Crippen LogP contribution in [0.4, 0.5) is 0 Å². The minimum Gasteiger partial charge on any atom is -0.385 e. The average molecular weight is 314 g/mol. The fourth-order valence-electron chi connectivity index (χ4n) is 2.14. The van der Waals surface area contributed by atoms with Crippen molar-refractivity contribution in [1.82, 2.24) is 10.0 Å². The summed E-state index contributed by atoms with van der Waals surface area (Å²) in [6.07, 6.45) is 1.61. The van der Waals surface area contributed by atoms with Crippen LogP contribution < -0.4 is 10.0 Å².